The van der Waals surface area contributed by atoms with Gasteiger partial charge in [-0.25, -0.2) is 4.79 Å². The maximum absolute atomic E-state index is 11.3. The van der Waals surface area contributed by atoms with Crippen LogP contribution < -0.4 is 11.1 Å². The predicted octanol–water partition coefficient (Wildman–Crippen LogP) is 2.49. The van der Waals surface area contributed by atoms with Crippen molar-refractivity contribution in [1.82, 2.24) is 0 Å². The molecule has 2 heterocycles. The number of fused-ring (bicyclic) bond motifs is 4. The number of hydrogen-bond acceptors (Lipinski definition) is 5. The molecular weight excluding hydrogens is 296 g/mol. The summed E-state index contributed by atoms with van der Waals surface area (Å²) in [6, 6.07) is 5.92. The van der Waals surface area contributed by atoms with Gasteiger partial charge in [0.1, 0.15) is 6.10 Å². The maximum Gasteiger partial charge on any atom is 0.405 e. The number of nitrogens with one attached hydrogen (secondary N) is 1. The van der Waals surface area contributed by atoms with Gasteiger partial charge < -0.3 is 25.6 Å². The van der Waals surface area contributed by atoms with Crippen molar-refractivity contribution >= 4 is 11.8 Å². The molecule has 23 heavy (non-hydrogen) atoms. The van der Waals surface area contributed by atoms with Gasteiger partial charge in [-0.15, -0.1) is 0 Å². The molecule has 1 aromatic carbocycles. The Morgan fingerprint density at radius 1 is 1.48 bits per heavy atom. The minimum Gasteiger partial charge on any atom is -0.441 e. The third-order valence-corrected chi connectivity index (χ3v) is 4.49. The number of primary amides is 1. The van der Waals surface area contributed by atoms with Gasteiger partial charge in [-0.05, 0) is 17.7 Å². The standard InChI is InChI=1S/C17H24N2O4/c1-17(2,3)15(23-16(18)21)9-4-5-11-10(6-9)14-7-12(19-11)13(20)8-22-14/h4-6,12-15,19-20H,7-8H2,1-3H3,(H2,18,21)/t12-,13-,14-,15?/m1/s1. The Morgan fingerprint density at radius 2 is 2.22 bits per heavy atom. The lowest BCUT2D eigenvalue weighted by molar-refractivity contribution is -0.0673. The molecule has 126 valence electrons. The number of aliphatic hydroxyl groups is 1. The molecule has 2 bridgehead atoms. The number of hydrogen-bond donors (Lipinski definition) is 3. The summed E-state index contributed by atoms with van der Waals surface area (Å²) < 4.78 is 11.1. The number of amides is 1. The van der Waals surface area contributed by atoms with Crippen molar-refractivity contribution in [2.75, 3.05) is 11.9 Å². The summed E-state index contributed by atoms with van der Waals surface area (Å²) in [7, 11) is 0. The lowest BCUT2D eigenvalue weighted by atomic mass is 9.82. The SMILES string of the molecule is CC(C)(C)C(OC(N)=O)c1ccc2c(c1)[C@H]1C[C@@H](N2)[C@H](O)CO1. The second-order valence-electron chi connectivity index (χ2n) is 7.41. The van der Waals surface area contributed by atoms with Crippen LogP contribution in [-0.4, -0.2) is 30.0 Å². The van der Waals surface area contributed by atoms with Crippen LogP contribution in [0.4, 0.5) is 10.5 Å². The molecule has 2 aliphatic rings. The first-order chi connectivity index (χ1) is 10.8. The van der Waals surface area contributed by atoms with E-state index in [0.717, 1.165) is 23.2 Å². The minimum atomic E-state index is -0.780. The zero-order valence-corrected chi connectivity index (χ0v) is 13.7. The van der Waals surface area contributed by atoms with E-state index in [1.807, 2.05) is 39.0 Å². The van der Waals surface area contributed by atoms with E-state index < -0.39 is 18.3 Å². The molecule has 6 nitrogen and oxygen atoms in total. The Hall–Kier alpha value is -1.79. The van der Waals surface area contributed by atoms with Crippen molar-refractivity contribution in [3.8, 4) is 0 Å². The third kappa shape index (κ3) is 3.14. The summed E-state index contributed by atoms with van der Waals surface area (Å²) in [6.45, 7) is 6.33. The Labute approximate surface area is 136 Å². The first-order valence-electron chi connectivity index (χ1n) is 7.92. The quantitative estimate of drug-likeness (QED) is 0.778. The molecule has 4 N–H and O–H groups in total. The lowest BCUT2D eigenvalue weighted by Crippen LogP contribution is -2.46. The Morgan fingerprint density at radius 3 is 2.87 bits per heavy atom. The monoisotopic (exact) mass is 320 g/mol. The number of rotatable bonds is 2. The second-order valence-corrected chi connectivity index (χ2v) is 7.41. The zero-order valence-electron chi connectivity index (χ0n) is 13.7. The molecule has 1 fully saturated rings. The van der Waals surface area contributed by atoms with E-state index in [0.29, 0.717) is 6.61 Å². The summed E-state index contributed by atoms with van der Waals surface area (Å²) >= 11 is 0. The number of anilines is 1. The van der Waals surface area contributed by atoms with Gasteiger partial charge in [0, 0.05) is 23.1 Å². The van der Waals surface area contributed by atoms with Crippen molar-refractivity contribution in [3.05, 3.63) is 29.3 Å². The predicted molar refractivity (Wildman–Crippen MR) is 86.0 cm³/mol. The average molecular weight is 320 g/mol. The highest BCUT2D eigenvalue weighted by Crippen LogP contribution is 2.43. The van der Waals surface area contributed by atoms with Gasteiger partial charge in [0.2, 0.25) is 0 Å². The number of benzene rings is 1. The molecule has 2 aliphatic heterocycles. The van der Waals surface area contributed by atoms with Crippen molar-refractivity contribution in [3.63, 3.8) is 0 Å². The van der Waals surface area contributed by atoms with Crippen LogP contribution in [0.25, 0.3) is 0 Å². The molecule has 0 radical (unpaired) electrons. The van der Waals surface area contributed by atoms with Gasteiger partial charge in [0.25, 0.3) is 0 Å². The third-order valence-electron chi connectivity index (χ3n) is 4.49. The van der Waals surface area contributed by atoms with E-state index in [2.05, 4.69) is 5.32 Å². The maximum atomic E-state index is 11.3. The Kier molecular flexibility index (Phi) is 3.98. The summed E-state index contributed by atoms with van der Waals surface area (Å²) in [6.07, 6.45) is -1.02. The summed E-state index contributed by atoms with van der Waals surface area (Å²) in [5.74, 6) is 0. The van der Waals surface area contributed by atoms with Crippen LogP contribution in [0.15, 0.2) is 18.2 Å². The van der Waals surface area contributed by atoms with Crippen molar-refractivity contribution < 1.29 is 19.4 Å². The number of aliphatic hydroxyl groups excluding tert-OH is 1. The topological polar surface area (TPSA) is 93.8 Å². The molecule has 0 aromatic heterocycles. The van der Waals surface area contributed by atoms with E-state index in [1.54, 1.807) is 0 Å². The first-order valence-corrected chi connectivity index (χ1v) is 7.92. The Balaban J connectivity index is 1.95. The van der Waals surface area contributed by atoms with Crippen LogP contribution in [0, 0.1) is 5.41 Å². The molecule has 1 aromatic rings. The molecule has 4 atom stereocenters. The minimum absolute atomic E-state index is 0.0207. The number of carbonyl (C=O) groups excluding carboxylic acids is 1. The molecule has 1 unspecified atom stereocenters. The van der Waals surface area contributed by atoms with Crippen LogP contribution in [-0.2, 0) is 9.47 Å². The molecule has 0 aliphatic carbocycles. The molecule has 3 rings (SSSR count). The van der Waals surface area contributed by atoms with E-state index in [-0.39, 0.29) is 17.6 Å². The highest BCUT2D eigenvalue weighted by atomic mass is 16.6. The molecule has 6 heteroatoms. The van der Waals surface area contributed by atoms with E-state index in [1.165, 1.54) is 0 Å². The fourth-order valence-electron chi connectivity index (χ4n) is 3.36. The fourth-order valence-corrected chi connectivity index (χ4v) is 3.36. The van der Waals surface area contributed by atoms with Gasteiger partial charge in [-0.2, -0.15) is 0 Å². The number of carbonyl (C=O) groups is 1. The average Bonchev–Trinajstić information content (AvgIpc) is 2.47. The number of nitrogens with two attached hydrogens (primary N) is 1. The highest BCUT2D eigenvalue weighted by Gasteiger charge is 2.37. The number of ether oxygens (including phenoxy) is 2. The van der Waals surface area contributed by atoms with Crippen molar-refractivity contribution in [2.24, 2.45) is 11.1 Å². The van der Waals surface area contributed by atoms with Crippen LogP contribution in [0.5, 0.6) is 0 Å². The summed E-state index contributed by atoms with van der Waals surface area (Å²) in [4.78, 5) is 11.3. The van der Waals surface area contributed by atoms with Gasteiger partial charge in [-0.3, -0.25) is 0 Å². The van der Waals surface area contributed by atoms with Gasteiger partial charge in [0.15, 0.2) is 0 Å². The van der Waals surface area contributed by atoms with Gasteiger partial charge in [-0.1, -0.05) is 26.8 Å². The summed E-state index contributed by atoms with van der Waals surface area (Å²) in [5.41, 5.74) is 7.84. The van der Waals surface area contributed by atoms with Gasteiger partial charge in [0.05, 0.1) is 24.9 Å². The summed E-state index contributed by atoms with van der Waals surface area (Å²) in [5, 5.41) is 13.3. The lowest BCUT2D eigenvalue weighted by Gasteiger charge is -2.41. The second kappa shape index (κ2) is 5.69. The molecule has 0 saturated carbocycles. The normalized spacial score (nSPS) is 27.6. The van der Waals surface area contributed by atoms with Crippen LogP contribution in [0.1, 0.15) is 50.5 Å². The van der Waals surface area contributed by atoms with Crippen LogP contribution >= 0.6 is 0 Å². The molecule has 1 amide bonds. The first kappa shape index (κ1) is 16.1. The van der Waals surface area contributed by atoms with Crippen LogP contribution in [0.3, 0.4) is 0 Å². The molecule has 0 spiro atoms. The van der Waals surface area contributed by atoms with E-state index in [4.69, 9.17) is 15.2 Å². The van der Waals surface area contributed by atoms with E-state index >= 15 is 0 Å². The molecule has 1 saturated heterocycles. The Bertz CT molecular complexity index is 611. The van der Waals surface area contributed by atoms with E-state index in [9.17, 15) is 9.90 Å². The highest BCUT2D eigenvalue weighted by molar-refractivity contribution is 5.65. The fraction of sp³-hybridized carbons (Fsp3) is 0.588. The van der Waals surface area contributed by atoms with Crippen molar-refractivity contribution in [2.45, 2.75) is 51.5 Å². The smallest absolute Gasteiger partial charge is 0.405 e. The van der Waals surface area contributed by atoms with Gasteiger partial charge >= 0.3 is 6.09 Å². The largest absolute Gasteiger partial charge is 0.441 e. The zero-order chi connectivity index (χ0) is 16.8. The van der Waals surface area contributed by atoms with Crippen LogP contribution in [0.2, 0.25) is 0 Å². The molecular formula is C17H24N2O4. The van der Waals surface area contributed by atoms with Crippen molar-refractivity contribution in [1.29, 1.82) is 0 Å².